The number of amides is 4. The number of carboxylic acids is 1. The van der Waals surface area contributed by atoms with Gasteiger partial charge in [-0.25, -0.2) is 18.5 Å². The van der Waals surface area contributed by atoms with E-state index >= 15 is 0 Å². The first-order chi connectivity index (χ1) is 39.5. The second-order valence-corrected chi connectivity index (χ2v) is 26.9. The molecule has 2 aromatic carbocycles. The molecule has 30 nitrogen and oxygen atoms in total. The van der Waals surface area contributed by atoms with Gasteiger partial charge in [0.2, 0.25) is 5.91 Å². The fourth-order valence-electron chi connectivity index (χ4n) is 8.21. The fraction of sp³-hybridized carbons (Fsp3) is 0.438. The molecule has 462 valence electrons. The first kappa shape index (κ1) is 67.8. The molecular weight excluding hydrogens is 1230 g/mol. The number of carboxylic acid groups (broad SMARTS) is 1. The number of benzene rings is 3. The number of nitrogens with two attached hydrogens (primary N) is 1. The molecular formula is C48H62N6O24P2S4. The van der Waals surface area contributed by atoms with Crippen LogP contribution < -0.4 is 27.0 Å². The van der Waals surface area contributed by atoms with Crippen molar-refractivity contribution in [2.45, 2.75) is 66.6 Å². The number of urea groups is 1. The van der Waals surface area contributed by atoms with Crippen LogP contribution in [0.5, 0.6) is 0 Å². The van der Waals surface area contributed by atoms with Gasteiger partial charge in [-0.15, -0.1) is 0 Å². The second kappa shape index (κ2) is 29.9. The minimum Gasteiger partial charge on any atom is -0.478 e. The number of carbonyl (C=O) groups is 4. The molecule has 2 aromatic rings. The molecule has 0 bridgehead atoms. The smallest absolute Gasteiger partial charge is 0.478 e. The number of phosphoric acid groups is 1. The minimum atomic E-state index is -5.23. The van der Waals surface area contributed by atoms with Crippen LogP contribution >= 0.6 is 37.7 Å². The Labute approximate surface area is 489 Å². The zero-order valence-corrected chi connectivity index (χ0v) is 50.2. The maximum Gasteiger partial charge on any atom is 0.479 e. The molecule has 0 aromatic heterocycles. The van der Waals surface area contributed by atoms with E-state index in [4.69, 9.17) is 53.4 Å². The van der Waals surface area contributed by atoms with Crippen LogP contribution in [0.1, 0.15) is 54.3 Å². The SMILES string of the molecule is C=C1NC(=O)N([C@H]2C[C@@H](OCSSC(C)(C)CNC(=O)CCOCCOCCOCCOCCNC(=O)c3ccc(-c4c5ccc(=N)c(S(=O)(=O)O)c-5oc5c(S(=O)(=O)O)c(N)ccc45)c(C(=O)O)c3)[C@@H](COP(=O)(O)O[PH](=O)O)O2)C=C1C. The monoisotopic (exact) mass is 1300 g/mol. The number of nitrogens with zero attached hydrogens (tertiary/aromatic N) is 1. The summed E-state index contributed by atoms with van der Waals surface area (Å²) < 4.78 is 141. The summed E-state index contributed by atoms with van der Waals surface area (Å²) in [4.78, 5) is 69.1. The molecule has 0 saturated carbocycles. The van der Waals surface area contributed by atoms with E-state index in [1.165, 1.54) is 50.8 Å². The minimum absolute atomic E-state index is 0.00193. The Morgan fingerprint density at radius 3 is 2.21 bits per heavy atom. The highest BCUT2D eigenvalue weighted by Crippen LogP contribution is 2.51. The lowest BCUT2D eigenvalue weighted by Crippen LogP contribution is -2.45. The number of ether oxygens (including phenoxy) is 6. The van der Waals surface area contributed by atoms with Gasteiger partial charge in [0, 0.05) is 64.7 Å². The van der Waals surface area contributed by atoms with E-state index in [9.17, 15) is 64.2 Å². The molecule has 1 fully saturated rings. The molecule has 2 unspecified atom stereocenters. The number of hydrogen-bond donors (Lipinski definition) is 10. The number of aromatic carboxylic acids is 1. The summed E-state index contributed by atoms with van der Waals surface area (Å²) in [5.41, 5.74) is 4.59. The highest BCUT2D eigenvalue weighted by molar-refractivity contribution is 8.77. The first-order valence-electron chi connectivity index (χ1n) is 25.0. The summed E-state index contributed by atoms with van der Waals surface area (Å²) in [6, 6.07) is 7.49. The van der Waals surface area contributed by atoms with Gasteiger partial charge < -0.3 is 69.4 Å². The molecule has 6 rings (SSSR count). The normalized spacial score (nSPS) is 17.9. The molecule has 0 radical (unpaired) electrons. The quantitative estimate of drug-likeness (QED) is 0.00603. The molecule has 84 heavy (non-hydrogen) atoms. The molecule has 1 saturated heterocycles. The first-order valence-corrected chi connectivity index (χ1v) is 32.9. The molecule has 3 heterocycles. The summed E-state index contributed by atoms with van der Waals surface area (Å²) in [7, 11) is -16.3. The molecule has 36 heteroatoms. The standard InChI is InChI=1S/C48H62N6O24P2S4/c1-27-23-54(47(59)53-28(27)2)39-22-36(37(76-39)24-75-80(62,63)78-79(60)61)74-26-81-82-48(3,4)25-52-38(55)11-13-70-15-17-72-19-20-73-18-16-71-14-12-51-45(56)29-5-6-30(33(21-29)46(57)58)40-31-7-9-34(49)43(83(64,65)66)41(31)77-42-32(40)8-10-35(50)44(42)84(67,68)69/h5-10,21,23,36-37,39,49,79H,2,11-20,22,24-26,50H2,1,3-4H3,(H,51,56)(H,52,55)(H,53,59)(H,57,58)(H,60,61)(H,62,63)(H,64,65,66)(H,67,68,69)/t36-,37-,39-/m1/s1. The number of nitrogens with one attached hydrogen (secondary N) is 4. The Kier molecular flexibility index (Phi) is 24.1. The number of allylic oxidation sites excluding steroid dienone is 1. The van der Waals surface area contributed by atoms with Crippen LogP contribution in [0.15, 0.2) is 80.7 Å². The lowest BCUT2D eigenvalue weighted by atomic mass is 9.89. The van der Waals surface area contributed by atoms with Gasteiger partial charge in [0.05, 0.1) is 82.2 Å². The number of phosphoric ester groups is 1. The Morgan fingerprint density at radius 1 is 0.952 bits per heavy atom. The summed E-state index contributed by atoms with van der Waals surface area (Å²) in [5, 5.41) is 25.7. The zero-order chi connectivity index (χ0) is 61.7. The molecule has 0 spiro atoms. The topological polar surface area (TPSA) is 448 Å². The van der Waals surface area contributed by atoms with Gasteiger partial charge in [-0.1, -0.05) is 34.2 Å². The number of anilines is 1. The summed E-state index contributed by atoms with van der Waals surface area (Å²) in [6.07, 6.45) is -0.765. The lowest BCUT2D eigenvalue weighted by Gasteiger charge is -2.30. The predicted octanol–water partition coefficient (Wildman–Crippen LogP) is 4.34. The zero-order valence-electron chi connectivity index (χ0n) is 45.1. The van der Waals surface area contributed by atoms with E-state index in [1.807, 2.05) is 13.8 Å². The maximum absolute atomic E-state index is 13.2. The van der Waals surface area contributed by atoms with Crippen molar-refractivity contribution < 1.29 is 111 Å². The van der Waals surface area contributed by atoms with Crippen LogP contribution in [-0.4, -0.2) is 171 Å². The van der Waals surface area contributed by atoms with Gasteiger partial charge in [0.25, 0.3) is 26.1 Å². The number of rotatable bonds is 33. The van der Waals surface area contributed by atoms with Crippen molar-refractivity contribution in [3.63, 3.8) is 0 Å². The third-order valence-corrected chi connectivity index (χ3v) is 19.0. The van der Waals surface area contributed by atoms with Gasteiger partial charge in [-0.2, -0.15) is 16.8 Å². The Morgan fingerprint density at radius 2 is 1.58 bits per heavy atom. The Hall–Kier alpha value is -5.33. The molecule has 4 amide bonds. The average molecular weight is 1300 g/mol. The summed E-state index contributed by atoms with van der Waals surface area (Å²) in [5.74, 6) is -3.13. The van der Waals surface area contributed by atoms with E-state index in [-0.39, 0.29) is 112 Å². The third-order valence-electron chi connectivity index (χ3n) is 12.1. The van der Waals surface area contributed by atoms with Crippen molar-refractivity contribution in [2.75, 3.05) is 84.2 Å². The van der Waals surface area contributed by atoms with Gasteiger partial charge in [-0.3, -0.25) is 38.1 Å². The highest BCUT2D eigenvalue weighted by Gasteiger charge is 2.43. The second-order valence-electron chi connectivity index (χ2n) is 18.8. The largest absolute Gasteiger partial charge is 0.479 e. The van der Waals surface area contributed by atoms with E-state index in [2.05, 4.69) is 26.8 Å². The van der Waals surface area contributed by atoms with Crippen LogP contribution in [0, 0.1) is 5.41 Å². The summed E-state index contributed by atoms with van der Waals surface area (Å²) in [6.45, 7) is 10.6. The van der Waals surface area contributed by atoms with Crippen molar-refractivity contribution in [1.82, 2.24) is 20.9 Å². The van der Waals surface area contributed by atoms with E-state index in [1.54, 1.807) is 13.1 Å². The highest BCUT2D eigenvalue weighted by atomic mass is 33.1. The average Bonchev–Trinajstić information content (AvgIpc) is 1.13. The lowest BCUT2D eigenvalue weighted by molar-refractivity contribution is -0.122. The molecule has 3 aliphatic heterocycles. The van der Waals surface area contributed by atoms with Crippen molar-refractivity contribution in [2.24, 2.45) is 0 Å². The molecule has 5 atom stereocenters. The molecule has 1 aliphatic carbocycles. The van der Waals surface area contributed by atoms with Crippen molar-refractivity contribution in [1.29, 1.82) is 5.41 Å². The molecule has 4 aliphatic rings. The van der Waals surface area contributed by atoms with Crippen LogP contribution in [-0.2, 0) is 71.4 Å². The van der Waals surface area contributed by atoms with Crippen LogP contribution in [0.4, 0.5) is 10.5 Å². The fourth-order valence-corrected chi connectivity index (χ4v) is 13.2. The van der Waals surface area contributed by atoms with E-state index < -0.39 is 122 Å². The predicted molar refractivity (Wildman–Crippen MR) is 302 cm³/mol. The van der Waals surface area contributed by atoms with Gasteiger partial charge in [0.15, 0.2) is 21.1 Å². The third kappa shape index (κ3) is 18.8. The number of fused-ring (bicyclic) bond motifs is 2. The molecule has 11 N–H and O–H groups in total. The maximum atomic E-state index is 13.2. The number of hydrogen-bond acceptors (Lipinski definition) is 23. The Balaban J connectivity index is 0.841. The van der Waals surface area contributed by atoms with Crippen LogP contribution in [0.2, 0.25) is 0 Å². The summed E-state index contributed by atoms with van der Waals surface area (Å²) >= 11 is 0. The van der Waals surface area contributed by atoms with Crippen LogP contribution in [0.25, 0.3) is 33.4 Å². The van der Waals surface area contributed by atoms with Gasteiger partial charge in [0.1, 0.15) is 18.3 Å². The van der Waals surface area contributed by atoms with Gasteiger partial charge >= 0.3 is 28.1 Å². The van der Waals surface area contributed by atoms with Crippen molar-refractivity contribution in [3.05, 3.63) is 83.0 Å². The van der Waals surface area contributed by atoms with Crippen LogP contribution in [0.3, 0.4) is 0 Å². The van der Waals surface area contributed by atoms with E-state index in [0.29, 0.717) is 17.8 Å². The van der Waals surface area contributed by atoms with Gasteiger partial charge in [-0.05, 0) is 68.3 Å². The van der Waals surface area contributed by atoms with Crippen molar-refractivity contribution >= 4 is 98.4 Å². The van der Waals surface area contributed by atoms with E-state index in [0.717, 1.165) is 18.2 Å². The number of nitrogen functional groups attached to an aromatic ring is 1. The van der Waals surface area contributed by atoms with Crippen molar-refractivity contribution in [3.8, 4) is 22.5 Å². The Bertz CT molecular complexity index is 3480. The number of carbonyl (C=O) groups excluding carboxylic acids is 3.